The van der Waals surface area contributed by atoms with Crippen LogP contribution in [0.4, 0.5) is 0 Å². The third kappa shape index (κ3) is 2.92. The van der Waals surface area contributed by atoms with Gasteiger partial charge in [-0.05, 0) is 42.0 Å². The van der Waals surface area contributed by atoms with Gasteiger partial charge in [0.1, 0.15) is 5.82 Å². The summed E-state index contributed by atoms with van der Waals surface area (Å²) in [5.41, 5.74) is 3.28. The summed E-state index contributed by atoms with van der Waals surface area (Å²) in [5.74, 6) is 0.497. The van der Waals surface area contributed by atoms with Gasteiger partial charge in [-0.3, -0.25) is 19.7 Å². The zero-order chi connectivity index (χ0) is 17.1. The van der Waals surface area contributed by atoms with Crippen LogP contribution in [0.1, 0.15) is 0 Å². The molecular weight excluding hydrogens is 314 g/mol. The van der Waals surface area contributed by atoms with E-state index in [2.05, 4.69) is 19.9 Å². The van der Waals surface area contributed by atoms with Crippen molar-refractivity contribution >= 4 is 0 Å². The SMILES string of the molecule is O=c1[nH]c(-c2ccncc2)nc(-c2ccncc2)c1-c1ccncc1. The predicted molar refractivity (Wildman–Crippen MR) is 94.6 cm³/mol. The van der Waals surface area contributed by atoms with Crippen LogP contribution >= 0.6 is 0 Å². The highest BCUT2D eigenvalue weighted by atomic mass is 16.1. The average Bonchev–Trinajstić information content (AvgIpc) is 2.69. The highest BCUT2D eigenvalue weighted by Gasteiger charge is 2.16. The van der Waals surface area contributed by atoms with Crippen molar-refractivity contribution in [3.8, 4) is 33.8 Å². The lowest BCUT2D eigenvalue weighted by Crippen LogP contribution is -2.14. The predicted octanol–water partition coefficient (Wildman–Crippen LogP) is 2.96. The summed E-state index contributed by atoms with van der Waals surface area (Å²) in [5, 5.41) is 0. The van der Waals surface area contributed by atoms with E-state index in [0.29, 0.717) is 17.1 Å². The van der Waals surface area contributed by atoms with Crippen molar-refractivity contribution in [2.75, 3.05) is 0 Å². The number of rotatable bonds is 3. The van der Waals surface area contributed by atoms with Crippen LogP contribution in [-0.2, 0) is 0 Å². The van der Waals surface area contributed by atoms with Crippen molar-refractivity contribution in [1.29, 1.82) is 0 Å². The molecule has 4 heterocycles. The van der Waals surface area contributed by atoms with E-state index in [1.54, 1.807) is 61.4 Å². The van der Waals surface area contributed by atoms with Gasteiger partial charge in [-0.25, -0.2) is 4.98 Å². The van der Waals surface area contributed by atoms with E-state index in [-0.39, 0.29) is 5.56 Å². The Morgan fingerprint density at radius 2 is 1.12 bits per heavy atom. The second-order valence-corrected chi connectivity index (χ2v) is 5.35. The second-order valence-electron chi connectivity index (χ2n) is 5.35. The van der Waals surface area contributed by atoms with Gasteiger partial charge in [0.2, 0.25) is 0 Å². The lowest BCUT2D eigenvalue weighted by molar-refractivity contribution is 1.13. The number of hydrogen-bond acceptors (Lipinski definition) is 5. The highest BCUT2D eigenvalue weighted by Crippen LogP contribution is 2.28. The van der Waals surface area contributed by atoms with Crippen LogP contribution in [0.15, 0.2) is 78.4 Å². The molecule has 4 rings (SSSR count). The van der Waals surface area contributed by atoms with Gasteiger partial charge in [-0.2, -0.15) is 0 Å². The molecule has 0 amide bonds. The Balaban J connectivity index is 2.01. The first-order valence-corrected chi connectivity index (χ1v) is 7.68. The van der Waals surface area contributed by atoms with Crippen LogP contribution in [0, 0.1) is 0 Å². The van der Waals surface area contributed by atoms with Gasteiger partial charge in [0, 0.05) is 48.3 Å². The molecule has 0 aliphatic carbocycles. The van der Waals surface area contributed by atoms with Crippen molar-refractivity contribution < 1.29 is 0 Å². The smallest absolute Gasteiger partial charge is 0.259 e. The Bertz CT molecular complexity index is 1050. The highest BCUT2D eigenvalue weighted by molar-refractivity contribution is 5.80. The lowest BCUT2D eigenvalue weighted by atomic mass is 10.0. The van der Waals surface area contributed by atoms with Gasteiger partial charge in [0.15, 0.2) is 0 Å². The molecule has 0 spiro atoms. The fourth-order valence-electron chi connectivity index (χ4n) is 2.62. The molecule has 1 N–H and O–H groups in total. The molecular formula is C19H13N5O. The number of pyridine rings is 3. The second kappa shape index (κ2) is 6.45. The molecule has 0 aromatic carbocycles. The Kier molecular flexibility index (Phi) is 3.84. The molecule has 0 radical (unpaired) electrons. The number of nitrogens with zero attached hydrogens (tertiary/aromatic N) is 4. The number of hydrogen-bond donors (Lipinski definition) is 1. The molecule has 0 bridgehead atoms. The third-order valence-electron chi connectivity index (χ3n) is 3.80. The van der Waals surface area contributed by atoms with E-state index in [9.17, 15) is 4.79 Å². The number of nitrogens with one attached hydrogen (secondary N) is 1. The average molecular weight is 327 g/mol. The molecule has 0 aliphatic heterocycles. The van der Waals surface area contributed by atoms with E-state index in [4.69, 9.17) is 4.98 Å². The fraction of sp³-hybridized carbons (Fsp3) is 0. The maximum absolute atomic E-state index is 12.9. The molecule has 6 nitrogen and oxygen atoms in total. The van der Waals surface area contributed by atoms with Gasteiger partial charge in [-0.15, -0.1) is 0 Å². The van der Waals surface area contributed by atoms with Crippen molar-refractivity contribution in [3.05, 3.63) is 83.9 Å². The standard InChI is InChI=1S/C19H13N5O/c25-19-16(13-1-7-20-8-2-13)17(14-3-9-21-10-4-14)23-18(24-19)15-5-11-22-12-6-15/h1-12H,(H,23,24,25). The van der Waals surface area contributed by atoms with Gasteiger partial charge in [-0.1, -0.05) is 0 Å². The van der Waals surface area contributed by atoms with Gasteiger partial charge >= 0.3 is 0 Å². The normalized spacial score (nSPS) is 10.6. The van der Waals surface area contributed by atoms with Crippen LogP contribution in [-0.4, -0.2) is 24.9 Å². The Hall–Kier alpha value is -3.67. The van der Waals surface area contributed by atoms with Crippen LogP contribution in [0.2, 0.25) is 0 Å². The minimum Gasteiger partial charge on any atom is -0.306 e. The molecule has 4 aromatic heterocycles. The molecule has 0 saturated carbocycles. The Morgan fingerprint density at radius 3 is 1.68 bits per heavy atom. The van der Waals surface area contributed by atoms with Crippen LogP contribution in [0.25, 0.3) is 33.8 Å². The summed E-state index contributed by atoms with van der Waals surface area (Å²) >= 11 is 0. The third-order valence-corrected chi connectivity index (χ3v) is 3.80. The van der Waals surface area contributed by atoms with Crippen molar-refractivity contribution in [3.63, 3.8) is 0 Å². The molecule has 6 heteroatoms. The number of aromatic nitrogens is 5. The minimum absolute atomic E-state index is 0.208. The fourth-order valence-corrected chi connectivity index (χ4v) is 2.62. The molecule has 4 aromatic rings. The molecule has 120 valence electrons. The summed E-state index contributed by atoms with van der Waals surface area (Å²) in [4.78, 5) is 32.5. The Labute approximate surface area is 143 Å². The largest absolute Gasteiger partial charge is 0.306 e. The summed E-state index contributed by atoms with van der Waals surface area (Å²) < 4.78 is 0. The van der Waals surface area contributed by atoms with Crippen molar-refractivity contribution in [2.24, 2.45) is 0 Å². The molecule has 0 aliphatic rings. The maximum atomic E-state index is 12.9. The first-order chi connectivity index (χ1) is 12.3. The van der Waals surface area contributed by atoms with Crippen molar-refractivity contribution in [1.82, 2.24) is 24.9 Å². The van der Waals surface area contributed by atoms with E-state index >= 15 is 0 Å². The zero-order valence-corrected chi connectivity index (χ0v) is 13.1. The molecule has 0 unspecified atom stereocenters. The van der Waals surface area contributed by atoms with E-state index in [1.807, 2.05) is 12.1 Å². The zero-order valence-electron chi connectivity index (χ0n) is 13.1. The number of aromatic amines is 1. The monoisotopic (exact) mass is 327 g/mol. The molecule has 0 atom stereocenters. The first-order valence-electron chi connectivity index (χ1n) is 7.68. The van der Waals surface area contributed by atoms with Gasteiger partial charge in [0.05, 0.1) is 11.3 Å². The minimum atomic E-state index is -0.208. The summed E-state index contributed by atoms with van der Waals surface area (Å²) in [6.45, 7) is 0. The lowest BCUT2D eigenvalue weighted by Gasteiger charge is -2.10. The van der Waals surface area contributed by atoms with Gasteiger partial charge in [0.25, 0.3) is 5.56 Å². The van der Waals surface area contributed by atoms with Crippen molar-refractivity contribution in [2.45, 2.75) is 0 Å². The molecule has 0 saturated heterocycles. The van der Waals surface area contributed by atoms with Crippen LogP contribution in [0.3, 0.4) is 0 Å². The van der Waals surface area contributed by atoms with Crippen LogP contribution < -0.4 is 5.56 Å². The van der Waals surface area contributed by atoms with E-state index in [1.165, 1.54) is 0 Å². The van der Waals surface area contributed by atoms with Crippen LogP contribution in [0.5, 0.6) is 0 Å². The summed E-state index contributed by atoms with van der Waals surface area (Å²) in [6.07, 6.45) is 10.0. The van der Waals surface area contributed by atoms with E-state index in [0.717, 1.165) is 16.7 Å². The first kappa shape index (κ1) is 14.9. The number of H-pyrrole nitrogens is 1. The quantitative estimate of drug-likeness (QED) is 0.625. The summed E-state index contributed by atoms with van der Waals surface area (Å²) in [6, 6.07) is 10.9. The molecule has 0 fully saturated rings. The van der Waals surface area contributed by atoms with E-state index < -0.39 is 0 Å². The maximum Gasteiger partial charge on any atom is 0.259 e. The Morgan fingerprint density at radius 1 is 0.640 bits per heavy atom. The topological polar surface area (TPSA) is 84.4 Å². The molecule has 25 heavy (non-hydrogen) atoms. The van der Waals surface area contributed by atoms with Gasteiger partial charge < -0.3 is 4.98 Å². The summed E-state index contributed by atoms with van der Waals surface area (Å²) in [7, 11) is 0.